The molecule has 0 heterocycles. The summed E-state index contributed by atoms with van der Waals surface area (Å²) in [5, 5.41) is 2.69. The number of carbonyl (C=O) groups excluding carboxylic acids is 2. The maximum Gasteiger partial charge on any atom is 0.340 e. The third-order valence-corrected chi connectivity index (χ3v) is 6.36. The van der Waals surface area contributed by atoms with Crippen LogP contribution in [0.4, 0.5) is 15.8 Å². The quantitative estimate of drug-likeness (QED) is 0.422. The molecule has 0 bridgehead atoms. The fourth-order valence-electron chi connectivity index (χ4n) is 3.03. The largest absolute Gasteiger partial charge is 0.493 e. The monoisotopic (exact) mass is 522 g/mol. The zero-order valence-corrected chi connectivity index (χ0v) is 20.3. The van der Waals surface area contributed by atoms with E-state index in [1.54, 1.807) is 12.1 Å². The van der Waals surface area contributed by atoms with Crippen molar-refractivity contribution in [3.8, 4) is 11.5 Å². The molecule has 3 aromatic carbocycles. The van der Waals surface area contributed by atoms with Crippen molar-refractivity contribution in [2.75, 3.05) is 31.4 Å². The Morgan fingerprint density at radius 1 is 0.914 bits per heavy atom. The molecular formula is C23H20ClFN2O7S. The van der Waals surface area contributed by atoms with Gasteiger partial charge in [0.2, 0.25) is 0 Å². The van der Waals surface area contributed by atoms with Gasteiger partial charge in [0.25, 0.3) is 15.9 Å². The number of hydrogen-bond acceptors (Lipinski definition) is 7. The van der Waals surface area contributed by atoms with Crippen LogP contribution < -0.4 is 19.5 Å². The molecule has 9 nitrogen and oxygen atoms in total. The van der Waals surface area contributed by atoms with Gasteiger partial charge in [0.15, 0.2) is 11.5 Å². The van der Waals surface area contributed by atoms with Crippen LogP contribution in [-0.4, -0.2) is 41.6 Å². The highest BCUT2D eigenvalue weighted by Crippen LogP contribution is 2.35. The molecular weight excluding hydrogens is 503 g/mol. The second kappa shape index (κ2) is 10.6. The number of esters is 1. The molecule has 0 aliphatic rings. The number of amides is 1. The summed E-state index contributed by atoms with van der Waals surface area (Å²) in [6, 6.07) is 11.4. The van der Waals surface area contributed by atoms with E-state index in [0.29, 0.717) is 5.02 Å². The van der Waals surface area contributed by atoms with Crippen molar-refractivity contribution < 1.29 is 36.6 Å². The number of anilines is 2. The lowest BCUT2D eigenvalue weighted by Crippen LogP contribution is -2.17. The zero-order chi connectivity index (χ0) is 25.8. The number of nitrogens with one attached hydrogen (secondary N) is 2. The molecule has 1 amide bonds. The van der Waals surface area contributed by atoms with E-state index in [-0.39, 0.29) is 34.0 Å². The average Bonchev–Trinajstić information content (AvgIpc) is 2.84. The summed E-state index contributed by atoms with van der Waals surface area (Å²) >= 11 is 5.86. The van der Waals surface area contributed by atoms with Crippen LogP contribution >= 0.6 is 11.6 Å². The van der Waals surface area contributed by atoms with E-state index in [2.05, 4.69) is 10.0 Å². The molecule has 2 N–H and O–H groups in total. The highest BCUT2D eigenvalue weighted by Gasteiger charge is 2.23. The molecule has 0 spiro atoms. The van der Waals surface area contributed by atoms with Gasteiger partial charge in [-0.1, -0.05) is 17.7 Å². The van der Waals surface area contributed by atoms with Gasteiger partial charge in [-0.25, -0.2) is 17.6 Å². The van der Waals surface area contributed by atoms with Crippen LogP contribution in [0.3, 0.4) is 0 Å². The van der Waals surface area contributed by atoms with Crippen molar-refractivity contribution in [1.29, 1.82) is 0 Å². The average molecular weight is 523 g/mol. The number of hydrogen-bond donors (Lipinski definition) is 2. The Balaban J connectivity index is 1.91. The Bertz CT molecular complexity index is 1400. The van der Waals surface area contributed by atoms with E-state index in [0.717, 1.165) is 25.3 Å². The predicted molar refractivity (Wildman–Crippen MR) is 127 cm³/mol. The number of sulfonamides is 1. The summed E-state index contributed by atoms with van der Waals surface area (Å²) in [6.45, 7) is 0. The Labute approximate surface area is 205 Å². The maximum absolute atomic E-state index is 14.7. The Morgan fingerprint density at radius 3 is 2.20 bits per heavy atom. The molecule has 35 heavy (non-hydrogen) atoms. The number of ether oxygens (including phenoxy) is 3. The number of methoxy groups -OCH3 is 3. The molecule has 0 saturated heterocycles. The lowest BCUT2D eigenvalue weighted by molar-refractivity contribution is 0.0601. The summed E-state index contributed by atoms with van der Waals surface area (Å²) in [4.78, 5) is 24.1. The molecule has 0 atom stereocenters. The van der Waals surface area contributed by atoms with E-state index in [1.165, 1.54) is 38.5 Å². The predicted octanol–water partition coefficient (Wildman–Crippen LogP) is 4.34. The molecule has 0 aliphatic carbocycles. The van der Waals surface area contributed by atoms with Gasteiger partial charge in [0, 0.05) is 22.7 Å². The highest BCUT2D eigenvalue weighted by atomic mass is 35.5. The molecule has 0 saturated carbocycles. The minimum Gasteiger partial charge on any atom is -0.493 e. The van der Waals surface area contributed by atoms with E-state index in [9.17, 15) is 22.4 Å². The standard InChI is InChI=1S/C23H20ClFN2O7S/c1-32-20-11-16(23(29)34-3)19(12-21(20)33-2)27-35(30,31)15-7-8-18(17(25)10-15)26-22(28)13-5-4-6-14(24)9-13/h4-12,27H,1-3H3,(H,26,28). The maximum atomic E-state index is 14.7. The first-order chi connectivity index (χ1) is 16.6. The third-order valence-electron chi connectivity index (χ3n) is 4.76. The lowest BCUT2D eigenvalue weighted by atomic mass is 10.1. The number of carbonyl (C=O) groups is 2. The van der Waals surface area contributed by atoms with Gasteiger partial charge in [0.1, 0.15) is 5.82 Å². The van der Waals surface area contributed by atoms with Gasteiger partial charge < -0.3 is 19.5 Å². The summed E-state index contributed by atoms with van der Waals surface area (Å²) in [6.07, 6.45) is 0. The first kappa shape index (κ1) is 25.8. The highest BCUT2D eigenvalue weighted by molar-refractivity contribution is 7.92. The molecule has 0 unspecified atom stereocenters. The first-order valence-electron chi connectivity index (χ1n) is 9.83. The summed E-state index contributed by atoms with van der Waals surface area (Å²) in [7, 11) is -0.565. The van der Waals surface area contributed by atoms with Gasteiger partial charge in [-0.15, -0.1) is 0 Å². The van der Waals surface area contributed by atoms with Gasteiger partial charge in [-0.2, -0.15) is 0 Å². The normalized spacial score (nSPS) is 10.9. The SMILES string of the molecule is COC(=O)c1cc(OC)c(OC)cc1NS(=O)(=O)c1ccc(NC(=O)c2cccc(Cl)c2)c(F)c1. The van der Waals surface area contributed by atoms with Crippen LogP contribution in [0.2, 0.25) is 5.02 Å². The van der Waals surface area contributed by atoms with Crippen molar-refractivity contribution in [2.45, 2.75) is 4.90 Å². The van der Waals surface area contributed by atoms with Crippen molar-refractivity contribution in [3.63, 3.8) is 0 Å². The Kier molecular flexibility index (Phi) is 7.82. The van der Waals surface area contributed by atoms with E-state index in [1.807, 2.05) is 0 Å². The van der Waals surface area contributed by atoms with Crippen molar-refractivity contribution in [1.82, 2.24) is 0 Å². The summed E-state index contributed by atoms with van der Waals surface area (Å²) in [5.74, 6) is -2.16. The minimum atomic E-state index is -4.37. The lowest BCUT2D eigenvalue weighted by Gasteiger charge is -2.16. The van der Waals surface area contributed by atoms with E-state index >= 15 is 0 Å². The smallest absolute Gasteiger partial charge is 0.340 e. The second-order valence-electron chi connectivity index (χ2n) is 6.96. The second-order valence-corrected chi connectivity index (χ2v) is 9.07. The van der Waals surface area contributed by atoms with Crippen LogP contribution in [0, 0.1) is 5.82 Å². The van der Waals surface area contributed by atoms with Crippen molar-refractivity contribution in [3.05, 3.63) is 76.6 Å². The van der Waals surface area contributed by atoms with E-state index < -0.39 is 32.6 Å². The summed E-state index contributed by atoms with van der Waals surface area (Å²) in [5.41, 5.74) is -0.373. The van der Waals surface area contributed by atoms with Gasteiger partial charge >= 0.3 is 5.97 Å². The van der Waals surface area contributed by atoms with Gasteiger partial charge in [0.05, 0.1) is 43.2 Å². The topological polar surface area (TPSA) is 120 Å². The number of halogens is 2. The fourth-order valence-corrected chi connectivity index (χ4v) is 4.31. The van der Waals surface area contributed by atoms with Gasteiger partial charge in [-0.3, -0.25) is 9.52 Å². The molecule has 0 aliphatic heterocycles. The molecule has 0 aromatic heterocycles. The fraction of sp³-hybridized carbons (Fsp3) is 0.130. The van der Waals surface area contributed by atoms with Crippen molar-refractivity contribution in [2.24, 2.45) is 0 Å². The van der Waals surface area contributed by atoms with Crippen LogP contribution in [0.5, 0.6) is 11.5 Å². The van der Waals surface area contributed by atoms with Gasteiger partial charge in [-0.05, 0) is 36.4 Å². The van der Waals surface area contributed by atoms with Crippen LogP contribution in [-0.2, 0) is 14.8 Å². The molecule has 3 rings (SSSR count). The molecule has 3 aromatic rings. The zero-order valence-electron chi connectivity index (χ0n) is 18.7. The molecule has 184 valence electrons. The number of benzene rings is 3. The summed E-state index contributed by atoms with van der Waals surface area (Å²) < 4.78 is 57.9. The number of rotatable bonds is 8. The Morgan fingerprint density at radius 2 is 1.60 bits per heavy atom. The Hall–Kier alpha value is -3.83. The minimum absolute atomic E-state index is 0.142. The third kappa shape index (κ3) is 5.81. The van der Waals surface area contributed by atoms with Crippen molar-refractivity contribution >= 4 is 44.9 Å². The molecule has 0 fully saturated rings. The molecule has 0 radical (unpaired) electrons. The van der Waals surface area contributed by atoms with Crippen LogP contribution in [0.1, 0.15) is 20.7 Å². The van der Waals surface area contributed by atoms with Crippen LogP contribution in [0.15, 0.2) is 59.5 Å². The molecule has 12 heteroatoms. The first-order valence-corrected chi connectivity index (χ1v) is 11.7. The van der Waals surface area contributed by atoms with E-state index in [4.69, 9.17) is 25.8 Å². The van der Waals surface area contributed by atoms with Crippen LogP contribution in [0.25, 0.3) is 0 Å².